The summed E-state index contributed by atoms with van der Waals surface area (Å²) in [4.78, 5) is 0. The van der Waals surface area contributed by atoms with E-state index in [1.54, 1.807) is 12.1 Å². The molecule has 0 heterocycles. The van der Waals surface area contributed by atoms with E-state index in [1.165, 1.54) is 4.31 Å². The van der Waals surface area contributed by atoms with Crippen LogP contribution in [-0.4, -0.2) is 82.4 Å². The van der Waals surface area contributed by atoms with E-state index in [2.05, 4.69) is 27.7 Å². The molecule has 0 aliphatic carbocycles. The van der Waals surface area contributed by atoms with Crippen LogP contribution in [0.1, 0.15) is 79.1 Å². The number of nitriles is 2. The summed E-state index contributed by atoms with van der Waals surface area (Å²) in [6.45, 7) is 9.24. The SMILES string of the molecule is CCCCC(CC)CN(CC(CC)CCCC)S(=O)(=O)C(C#N)C#N.[KH]. The van der Waals surface area contributed by atoms with Gasteiger partial charge in [0.2, 0.25) is 15.3 Å². The van der Waals surface area contributed by atoms with E-state index < -0.39 is 15.3 Å². The minimum atomic E-state index is -3.91. The van der Waals surface area contributed by atoms with Crippen LogP contribution in [0.5, 0.6) is 0 Å². The van der Waals surface area contributed by atoms with Crippen LogP contribution in [0.25, 0.3) is 0 Å². The van der Waals surface area contributed by atoms with Gasteiger partial charge in [-0.15, -0.1) is 0 Å². The molecular weight excluding hydrogens is 373 g/mol. The molecule has 0 aromatic carbocycles. The molecule has 5 nitrogen and oxygen atoms in total. The van der Waals surface area contributed by atoms with E-state index in [-0.39, 0.29) is 63.2 Å². The third kappa shape index (κ3) is 10.2. The number of unbranched alkanes of at least 4 members (excludes halogenated alkanes) is 2. The standard InChI is InChI=1S/C19H35N3O2S.K.H/c1-5-9-11-17(7-3)15-22(16-18(8-4)12-10-6-2)25(23,24)19(13-20)14-21;;/h17-19H,5-12,15-16H2,1-4H3;;. The second-order valence-electron chi connectivity index (χ2n) is 6.83. The van der Waals surface area contributed by atoms with Gasteiger partial charge in [0.25, 0.3) is 0 Å². The van der Waals surface area contributed by atoms with Crippen LogP contribution in [0.4, 0.5) is 0 Å². The summed E-state index contributed by atoms with van der Waals surface area (Å²) in [5.41, 5.74) is 0. The van der Waals surface area contributed by atoms with Crippen LogP contribution in [-0.2, 0) is 10.0 Å². The van der Waals surface area contributed by atoms with E-state index >= 15 is 0 Å². The zero-order chi connectivity index (χ0) is 19.3. The van der Waals surface area contributed by atoms with Crippen molar-refractivity contribution in [2.45, 2.75) is 84.3 Å². The zero-order valence-corrected chi connectivity index (χ0v) is 17.2. The summed E-state index contributed by atoms with van der Waals surface area (Å²) >= 11 is 0. The molecule has 0 saturated heterocycles. The molecule has 0 fully saturated rings. The van der Waals surface area contributed by atoms with Crippen LogP contribution in [0.15, 0.2) is 0 Å². The Morgan fingerprint density at radius 2 is 1.23 bits per heavy atom. The number of hydrogen-bond acceptors (Lipinski definition) is 4. The normalized spacial score (nSPS) is 13.7. The molecule has 7 heteroatoms. The average Bonchev–Trinajstić information content (AvgIpc) is 2.61. The summed E-state index contributed by atoms with van der Waals surface area (Å²) in [5, 5.41) is 16.6. The van der Waals surface area contributed by atoms with Crippen LogP contribution in [0.3, 0.4) is 0 Å². The fourth-order valence-electron chi connectivity index (χ4n) is 3.00. The molecule has 0 aromatic heterocycles. The van der Waals surface area contributed by atoms with Gasteiger partial charge < -0.3 is 0 Å². The Morgan fingerprint density at radius 3 is 1.50 bits per heavy atom. The molecule has 0 N–H and O–H groups in total. The fourth-order valence-corrected chi connectivity index (χ4v) is 4.41. The first kappa shape index (κ1) is 28.7. The van der Waals surface area contributed by atoms with Gasteiger partial charge >= 0.3 is 51.4 Å². The first-order valence-electron chi connectivity index (χ1n) is 9.69. The summed E-state index contributed by atoms with van der Waals surface area (Å²) < 4.78 is 27.1. The molecule has 2 unspecified atom stereocenters. The van der Waals surface area contributed by atoms with Crippen molar-refractivity contribution in [3.8, 4) is 12.1 Å². The third-order valence-electron chi connectivity index (χ3n) is 4.90. The first-order chi connectivity index (χ1) is 11.9. The first-order valence-corrected chi connectivity index (χ1v) is 11.2. The molecule has 0 bridgehead atoms. The fraction of sp³-hybridized carbons (Fsp3) is 0.895. The predicted octanol–water partition coefficient (Wildman–Crippen LogP) is 3.82. The Bertz CT molecular complexity index is 508. The molecule has 0 spiro atoms. The van der Waals surface area contributed by atoms with Crippen molar-refractivity contribution in [3.63, 3.8) is 0 Å². The van der Waals surface area contributed by atoms with E-state index in [0.717, 1.165) is 51.4 Å². The van der Waals surface area contributed by atoms with Crippen molar-refractivity contribution in [2.75, 3.05) is 13.1 Å². The predicted molar refractivity (Wildman–Crippen MR) is 109 cm³/mol. The maximum absolute atomic E-state index is 12.8. The second kappa shape index (κ2) is 16.5. The molecule has 146 valence electrons. The molecule has 0 rings (SSSR count). The Labute approximate surface area is 204 Å². The van der Waals surface area contributed by atoms with Gasteiger partial charge in [-0.3, -0.25) is 0 Å². The van der Waals surface area contributed by atoms with Crippen LogP contribution >= 0.6 is 0 Å². The second-order valence-corrected chi connectivity index (χ2v) is 8.85. The van der Waals surface area contributed by atoms with Gasteiger partial charge in [0.05, 0.1) is 12.1 Å². The summed E-state index contributed by atoms with van der Waals surface area (Å²) in [5.74, 6) is 0.549. The average molecular weight is 410 g/mol. The van der Waals surface area contributed by atoms with Gasteiger partial charge in [-0.25, -0.2) is 8.42 Å². The Hall–Kier alpha value is 0.526. The molecule has 0 radical (unpaired) electrons. The molecule has 2 atom stereocenters. The van der Waals surface area contributed by atoms with E-state index in [1.807, 2.05) is 0 Å². The van der Waals surface area contributed by atoms with E-state index in [9.17, 15) is 8.42 Å². The molecule has 0 aliphatic heterocycles. The molecule has 0 saturated carbocycles. The molecular formula is C19H36KN3O2S. The van der Waals surface area contributed by atoms with Crippen molar-refractivity contribution in [2.24, 2.45) is 11.8 Å². The molecule has 26 heavy (non-hydrogen) atoms. The van der Waals surface area contributed by atoms with Gasteiger partial charge in [-0.2, -0.15) is 14.8 Å². The third-order valence-corrected chi connectivity index (χ3v) is 6.73. The van der Waals surface area contributed by atoms with Gasteiger partial charge in [-0.1, -0.05) is 66.2 Å². The van der Waals surface area contributed by atoms with Crippen molar-refractivity contribution in [1.29, 1.82) is 10.5 Å². The quantitative estimate of drug-likeness (QED) is 0.408. The monoisotopic (exact) mass is 409 g/mol. The number of hydrogen-bond donors (Lipinski definition) is 0. The van der Waals surface area contributed by atoms with Crippen molar-refractivity contribution >= 4 is 61.4 Å². The van der Waals surface area contributed by atoms with Crippen molar-refractivity contribution < 1.29 is 8.42 Å². The zero-order valence-electron chi connectivity index (χ0n) is 16.4. The van der Waals surface area contributed by atoms with Gasteiger partial charge in [0.1, 0.15) is 0 Å². The molecule has 0 aliphatic rings. The van der Waals surface area contributed by atoms with Gasteiger partial charge in [0, 0.05) is 13.1 Å². The summed E-state index contributed by atoms with van der Waals surface area (Å²) in [6, 6.07) is 3.30. The topological polar surface area (TPSA) is 85.0 Å². The number of nitrogens with zero attached hydrogens (tertiary/aromatic N) is 3. The Morgan fingerprint density at radius 1 is 0.846 bits per heavy atom. The summed E-state index contributed by atoms with van der Waals surface area (Å²) in [6.07, 6.45) is 8.07. The molecule has 0 aromatic rings. The van der Waals surface area contributed by atoms with Crippen LogP contribution in [0, 0.1) is 34.5 Å². The van der Waals surface area contributed by atoms with Crippen molar-refractivity contribution in [3.05, 3.63) is 0 Å². The Kier molecular flexibility index (Phi) is 18.2. The van der Waals surface area contributed by atoms with Gasteiger partial charge in [-0.05, 0) is 24.7 Å². The number of rotatable bonds is 14. The van der Waals surface area contributed by atoms with Crippen LogP contribution < -0.4 is 0 Å². The van der Waals surface area contributed by atoms with E-state index in [0.29, 0.717) is 13.1 Å². The number of sulfonamides is 1. The van der Waals surface area contributed by atoms with Crippen molar-refractivity contribution in [1.82, 2.24) is 4.31 Å². The minimum absolute atomic E-state index is 0. The van der Waals surface area contributed by atoms with Gasteiger partial charge in [0.15, 0.2) is 0 Å². The Balaban J connectivity index is 0. The summed E-state index contributed by atoms with van der Waals surface area (Å²) in [7, 11) is -3.91. The maximum atomic E-state index is 12.8. The molecule has 0 amide bonds. The van der Waals surface area contributed by atoms with E-state index in [4.69, 9.17) is 10.5 Å². The van der Waals surface area contributed by atoms with Crippen LogP contribution in [0.2, 0.25) is 0 Å².